The zero-order valence-corrected chi connectivity index (χ0v) is 30.7. The lowest BCUT2D eigenvalue weighted by atomic mass is 10.0. The predicted molar refractivity (Wildman–Crippen MR) is 182 cm³/mol. The molecule has 2 nitrogen and oxygen atoms in total. The summed E-state index contributed by atoms with van der Waals surface area (Å²) in [4.78, 5) is 4.78. The van der Waals surface area contributed by atoms with Crippen LogP contribution in [0.1, 0.15) is 214 Å². The highest BCUT2D eigenvalue weighted by atomic mass is 79.9. The summed E-state index contributed by atoms with van der Waals surface area (Å²) >= 11 is 0. The van der Waals surface area contributed by atoms with E-state index in [-0.39, 0.29) is 17.0 Å². The first-order chi connectivity index (χ1) is 19.8. The number of hydrogen-bond acceptors (Lipinski definition) is 1. The van der Waals surface area contributed by atoms with Gasteiger partial charge in [0.05, 0.1) is 19.1 Å². The third kappa shape index (κ3) is 22.5. The van der Waals surface area contributed by atoms with Gasteiger partial charge in [-0.05, 0) is 25.7 Å². The molecule has 3 unspecified atom stereocenters. The molecule has 1 fully saturated rings. The van der Waals surface area contributed by atoms with Gasteiger partial charge in [-0.1, -0.05) is 182 Å². The van der Waals surface area contributed by atoms with Crippen molar-refractivity contribution in [2.75, 3.05) is 19.6 Å². The molecule has 0 radical (unpaired) electrons. The maximum Gasteiger partial charge on any atom is 0.144 e. The van der Waals surface area contributed by atoms with Crippen molar-refractivity contribution in [2.24, 2.45) is 0 Å². The number of unbranched alkanes of at least 4 members (excludes halogenated alkanes) is 24. The molecule has 41 heavy (non-hydrogen) atoms. The molecule has 0 saturated carbocycles. The maximum absolute atomic E-state index is 2.82. The quantitative estimate of drug-likeness (QED) is 0.0748. The average molecular weight is 644 g/mol. The van der Waals surface area contributed by atoms with E-state index in [2.05, 4.69) is 32.6 Å². The molecule has 1 rings (SSSR count). The van der Waals surface area contributed by atoms with Gasteiger partial charge in [0.1, 0.15) is 6.17 Å². The third-order valence-corrected chi connectivity index (χ3v) is 10.2. The zero-order valence-electron chi connectivity index (χ0n) is 29.1. The highest BCUT2D eigenvalue weighted by Gasteiger charge is 2.37. The van der Waals surface area contributed by atoms with E-state index in [0.29, 0.717) is 0 Å². The van der Waals surface area contributed by atoms with E-state index < -0.39 is 0 Å². The number of nitrogens with zero attached hydrogens (tertiary/aromatic N) is 1. The molecule has 0 bridgehead atoms. The van der Waals surface area contributed by atoms with Crippen molar-refractivity contribution in [1.82, 2.24) is 4.90 Å². The first kappa shape index (κ1) is 41.4. The van der Waals surface area contributed by atoms with Crippen LogP contribution in [0.3, 0.4) is 0 Å². The zero-order chi connectivity index (χ0) is 28.9. The topological polar surface area (TPSA) is 7.68 Å². The van der Waals surface area contributed by atoms with Gasteiger partial charge in [-0.25, -0.2) is 4.90 Å². The molecular weight excluding hydrogens is 564 g/mol. The monoisotopic (exact) mass is 643 g/mol. The van der Waals surface area contributed by atoms with Gasteiger partial charge in [-0.2, -0.15) is 0 Å². The van der Waals surface area contributed by atoms with Crippen molar-refractivity contribution in [3.8, 4) is 0 Å². The van der Waals surface area contributed by atoms with Gasteiger partial charge in [-0.3, -0.25) is 0 Å². The molecule has 0 aliphatic carbocycles. The molecule has 0 aromatic heterocycles. The van der Waals surface area contributed by atoms with E-state index in [1.165, 1.54) is 206 Å². The predicted octanol–water partition coefficient (Wildman–Crippen LogP) is 8.28. The van der Waals surface area contributed by atoms with Crippen LogP contribution in [0, 0.1) is 0 Å². The third-order valence-electron chi connectivity index (χ3n) is 10.2. The lowest BCUT2D eigenvalue weighted by Crippen LogP contribution is -3.18. The number of quaternary nitrogens is 1. The molecule has 3 heteroatoms. The van der Waals surface area contributed by atoms with Crippen molar-refractivity contribution in [3.63, 3.8) is 0 Å². The molecule has 1 saturated heterocycles. The Morgan fingerprint density at radius 1 is 0.512 bits per heavy atom. The van der Waals surface area contributed by atoms with Crippen molar-refractivity contribution in [2.45, 2.75) is 226 Å². The molecule has 3 atom stereocenters. The summed E-state index contributed by atoms with van der Waals surface area (Å²) < 4.78 is 0. The van der Waals surface area contributed by atoms with Crippen molar-refractivity contribution in [1.29, 1.82) is 0 Å². The van der Waals surface area contributed by atoms with Crippen LogP contribution in [0.5, 0.6) is 0 Å². The lowest BCUT2D eigenvalue weighted by molar-refractivity contribution is -0.943. The van der Waals surface area contributed by atoms with Crippen molar-refractivity contribution in [3.05, 3.63) is 0 Å². The summed E-state index contributed by atoms with van der Waals surface area (Å²) in [6.07, 6.45) is 43.2. The van der Waals surface area contributed by atoms with Crippen LogP contribution in [-0.4, -0.2) is 36.7 Å². The highest BCUT2D eigenvalue weighted by molar-refractivity contribution is 4.70. The van der Waals surface area contributed by atoms with Crippen molar-refractivity contribution < 1.29 is 21.9 Å². The molecule has 1 aliphatic rings. The Bertz CT molecular complexity index is 499. The number of halogens is 1. The molecule has 1 aliphatic heterocycles. The van der Waals surface area contributed by atoms with Crippen molar-refractivity contribution >= 4 is 0 Å². The number of hydrogen-bond donors (Lipinski definition) is 1. The summed E-state index contributed by atoms with van der Waals surface area (Å²) in [5.41, 5.74) is 0. The molecule has 0 amide bonds. The fourth-order valence-corrected chi connectivity index (χ4v) is 7.47. The molecule has 1 N–H and O–H groups in total. The average Bonchev–Trinajstić information content (AvgIpc) is 3.38. The van der Waals surface area contributed by atoms with Crippen LogP contribution in [0.4, 0.5) is 0 Å². The van der Waals surface area contributed by atoms with E-state index in [9.17, 15) is 0 Å². The number of likely N-dealkylation sites (N-methyl/N-ethyl adjacent to an activating group) is 1. The summed E-state index contributed by atoms with van der Waals surface area (Å²) in [6.45, 7) is 13.5. The van der Waals surface area contributed by atoms with Gasteiger partial charge < -0.3 is 21.9 Å². The fourth-order valence-electron chi connectivity index (χ4n) is 7.47. The SMILES string of the molecule is CCCCCCCCCCCCCCCC(CC)[NH+]1CCN(CC)C1CCCCCCCCCCCCCCC.[Br-]. The molecule has 0 aromatic carbocycles. The van der Waals surface area contributed by atoms with E-state index in [1.807, 2.05) is 4.90 Å². The van der Waals surface area contributed by atoms with Gasteiger partial charge in [0.2, 0.25) is 0 Å². The summed E-state index contributed by atoms with van der Waals surface area (Å²) in [5, 5.41) is 0. The second kappa shape index (κ2) is 31.8. The first-order valence-electron chi connectivity index (χ1n) is 19.4. The normalized spacial score (nSPS) is 18.1. The molecule has 248 valence electrons. The highest BCUT2D eigenvalue weighted by Crippen LogP contribution is 2.17. The second-order valence-electron chi connectivity index (χ2n) is 13.6. The number of rotatable bonds is 31. The van der Waals surface area contributed by atoms with Crippen LogP contribution in [0.15, 0.2) is 0 Å². The van der Waals surface area contributed by atoms with E-state index in [4.69, 9.17) is 0 Å². The van der Waals surface area contributed by atoms with Gasteiger partial charge in [0.15, 0.2) is 0 Å². The Morgan fingerprint density at radius 3 is 1.24 bits per heavy atom. The minimum Gasteiger partial charge on any atom is -1.00 e. The Hall–Kier alpha value is 0.400. The van der Waals surface area contributed by atoms with Gasteiger partial charge in [0.25, 0.3) is 0 Å². The van der Waals surface area contributed by atoms with E-state index in [0.717, 1.165) is 12.2 Å². The van der Waals surface area contributed by atoms with E-state index in [1.54, 1.807) is 0 Å². The summed E-state index contributed by atoms with van der Waals surface area (Å²) in [5.74, 6) is 0. The number of nitrogens with one attached hydrogen (secondary N) is 1. The summed E-state index contributed by atoms with van der Waals surface area (Å²) in [7, 11) is 0. The molecule has 1 heterocycles. The standard InChI is InChI=1S/C38H78N2.BrH/c1-5-9-11-13-15-17-19-21-23-25-27-29-31-33-37(7-3)40-36-35-39(8-4)38(40)34-32-30-28-26-24-22-20-18-16-14-12-10-6-2;/h37-38H,5-36H2,1-4H3;1H. The molecule has 0 aromatic rings. The molecule has 0 spiro atoms. The van der Waals surface area contributed by atoms with Crippen LogP contribution < -0.4 is 21.9 Å². The minimum absolute atomic E-state index is 0. The van der Waals surface area contributed by atoms with Crippen LogP contribution in [-0.2, 0) is 0 Å². The lowest BCUT2D eigenvalue weighted by Gasteiger charge is -2.32. The maximum atomic E-state index is 2.82. The van der Waals surface area contributed by atoms with Gasteiger partial charge in [0, 0.05) is 13.0 Å². The van der Waals surface area contributed by atoms with Crippen LogP contribution >= 0.6 is 0 Å². The Morgan fingerprint density at radius 2 is 0.878 bits per heavy atom. The smallest absolute Gasteiger partial charge is 0.144 e. The Balaban J connectivity index is 0.0000160. The largest absolute Gasteiger partial charge is 1.00 e. The molecular formula is C38H79BrN2. The summed E-state index contributed by atoms with van der Waals surface area (Å²) in [6, 6.07) is 0.899. The fraction of sp³-hybridized carbons (Fsp3) is 1.00. The van der Waals surface area contributed by atoms with E-state index >= 15 is 0 Å². The first-order valence-corrected chi connectivity index (χ1v) is 19.4. The minimum atomic E-state index is 0. The Labute approximate surface area is 271 Å². The van der Waals surface area contributed by atoms with Gasteiger partial charge >= 0.3 is 0 Å². The van der Waals surface area contributed by atoms with Crippen LogP contribution in [0.25, 0.3) is 0 Å². The van der Waals surface area contributed by atoms with Crippen LogP contribution in [0.2, 0.25) is 0 Å². The van der Waals surface area contributed by atoms with Gasteiger partial charge in [-0.15, -0.1) is 0 Å². The second-order valence-corrected chi connectivity index (χ2v) is 13.6. The Kier molecular flexibility index (Phi) is 32.1.